The molecule has 0 atom stereocenters. The quantitative estimate of drug-likeness (QED) is 0.440. The number of thiazole rings is 1. The Balaban J connectivity index is 1.29. The molecule has 170 valence electrons. The van der Waals surface area contributed by atoms with Crippen molar-refractivity contribution in [1.29, 1.82) is 0 Å². The van der Waals surface area contributed by atoms with E-state index in [1.54, 1.807) is 18.0 Å². The maximum Gasteiger partial charge on any atom is 0.190 e. The van der Waals surface area contributed by atoms with E-state index in [9.17, 15) is 8.78 Å². The van der Waals surface area contributed by atoms with Crippen LogP contribution in [0.2, 0.25) is 0 Å². The third-order valence-electron chi connectivity index (χ3n) is 5.43. The summed E-state index contributed by atoms with van der Waals surface area (Å²) in [5.74, 6) is -0.0255. The summed E-state index contributed by atoms with van der Waals surface area (Å²) in [4.78, 5) is 18.3. The monoisotopic (exact) mass is 468 g/mol. The first kappa shape index (κ1) is 21.6. The van der Waals surface area contributed by atoms with Crippen LogP contribution in [0.3, 0.4) is 0 Å². The molecule has 1 aromatic carbocycles. The zero-order valence-corrected chi connectivity index (χ0v) is 18.8. The summed E-state index contributed by atoms with van der Waals surface area (Å²) < 4.78 is 32.8. The third kappa shape index (κ3) is 4.92. The minimum absolute atomic E-state index is 0.243. The summed E-state index contributed by atoms with van der Waals surface area (Å²) in [7, 11) is 1.69. The van der Waals surface area contributed by atoms with E-state index in [0.717, 1.165) is 50.0 Å². The molecular formula is C23H22F2N6OS. The van der Waals surface area contributed by atoms with Crippen LogP contribution < -0.4 is 10.2 Å². The topological polar surface area (TPSA) is 66.4 Å². The second-order valence-corrected chi connectivity index (χ2v) is 8.71. The van der Waals surface area contributed by atoms with Gasteiger partial charge < -0.3 is 15.0 Å². The Morgan fingerprint density at radius 1 is 1.09 bits per heavy atom. The van der Waals surface area contributed by atoms with Crippen molar-refractivity contribution in [1.82, 2.24) is 19.9 Å². The van der Waals surface area contributed by atoms with Crippen LogP contribution in [0.5, 0.6) is 0 Å². The van der Waals surface area contributed by atoms with Crippen molar-refractivity contribution < 1.29 is 13.5 Å². The maximum atomic E-state index is 14.2. The van der Waals surface area contributed by atoms with Crippen molar-refractivity contribution in [3.63, 3.8) is 0 Å². The Morgan fingerprint density at radius 3 is 2.70 bits per heavy atom. The van der Waals surface area contributed by atoms with Gasteiger partial charge >= 0.3 is 0 Å². The molecule has 1 aliphatic rings. The molecule has 0 unspecified atom stereocenters. The number of hydrogen-bond acceptors (Lipinski definition) is 8. The molecule has 0 radical (unpaired) electrons. The minimum Gasteiger partial charge on any atom is -0.379 e. The van der Waals surface area contributed by atoms with Crippen molar-refractivity contribution in [2.75, 3.05) is 43.6 Å². The van der Waals surface area contributed by atoms with Crippen molar-refractivity contribution in [3.05, 3.63) is 65.9 Å². The van der Waals surface area contributed by atoms with E-state index in [0.29, 0.717) is 21.6 Å². The van der Waals surface area contributed by atoms with Crippen LogP contribution >= 0.6 is 11.3 Å². The van der Waals surface area contributed by atoms with Crippen LogP contribution in [0, 0.1) is 11.6 Å². The average Bonchev–Trinajstić information content (AvgIpc) is 3.22. The van der Waals surface area contributed by atoms with Gasteiger partial charge in [0.1, 0.15) is 33.6 Å². The Morgan fingerprint density at radius 2 is 1.94 bits per heavy atom. The van der Waals surface area contributed by atoms with Gasteiger partial charge in [-0.3, -0.25) is 4.90 Å². The molecule has 0 amide bonds. The van der Waals surface area contributed by atoms with E-state index in [-0.39, 0.29) is 5.69 Å². The van der Waals surface area contributed by atoms with Gasteiger partial charge in [-0.2, -0.15) is 0 Å². The summed E-state index contributed by atoms with van der Waals surface area (Å²) in [6.07, 6.45) is 1.87. The number of pyridine rings is 2. The number of ether oxygens (including phenoxy) is 1. The fourth-order valence-corrected chi connectivity index (χ4v) is 4.48. The van der Waals surface area contributed by atoms with Gasteiger partial charge in [0.25, 0.3) is 0 Å². The van der Waals surface area contributed by atoms with Crippen LogP contribution in [0.15, 0.2) is 48.7 Å². The second kappa shape index (κ2) is 9.34. The zero-order valence-electron chi connectivity index (χ0n) is 18.0. The number of halogens is 2. The van der Waals surface area contributed by atoms with Gasteiger partial charge in [-0.25, -0.2) is 23.7 Å². The molecule has 1 fully saturated rings. The normalized spacial score (nSPS) is 14.5. The first-order chi connectivity index (χ1) is 16.0. The summed E-state index contributed by atoms with van der Waals surface area (Å²) >= 11 is 1.38. The first-order valence-corrected chi connectivity index (χ1v) is 11.4. The molecule has 3 aromatic heterocycles. The Kier molecular flexibility index (Phi) is 6.12. The van der Waals surface area contributed by atoms with Gasteiger partial charge in [0.15, 0.2) is 5.13 Å². The zero-order chi connectivity index (χ0) is 22.8. The summed E-state index contributed by atoms with van der Waals surface area (Å²) in [6.45, 7) is 4.27. The fraction of sp³-hybridized carbons (Fsp3) is 0.261. The van der Waals surface area contributed by atoms with Gasteiger partial charge in [0, 0.05) is 38.9 Å². The molecule has 5 rings (SSSR count). The van der Waals surface area contributed by atoms with Gasteiger partial charge in [-0.05, 0) is 35.9 Å². The molecule has 1 N–H and O–H groups in total. The SMILES string of the molecule is CN(c1ccc2nc(Nc3ccc(CN4CCOCC4)cn3)sc2n1)c1ccc(F)cc1F. The van der Waals surface area contributed by atoms with Crippen molar-refractivity contribution in [2.45, 2.75) is 6.54 Å². The van der Waals surface area contributed by atoms with Crippen molar-refractivity contribution >= 4 is 44.1 Å². The van der Waals surface area contributed by atoms with Gasteiger partial charge in [-0.15, -0.1) is 0 Å². The first-order valence-electron chi connectivity index (χ1n) is 10.5. The predicted octanol–water partition coefficient (Wildman–Crippen LogP) is 4.71. The molecule has 1 saturated heterocycles. The molecule has 0 spiro atoms. The van der Waals surface area contributed by atoms with E-state index in [1.807, 2.05) is 18.3 Å². The molecule has 33 heavy (non-hydrogen) atoms. The standard InChI is InChI=1S/C23H22F2N6OS/c1-30(19-5-3-16(24)12-17(19)25)21-7-4-18-22(29-21)33-23(27-18)28-20-6-2-15(13-26-20)14-31-8-10-32-11-9-31/h2-7,12-13H,8-11,14H2,1H3,(H,26,27,28). The lowest BCUT2D eigenvalue weighted by Gasteiger charge is -2.26. The van der Waals surface area contributed by atoms with Crippen LogP contribution in [0.1, 0.15) is 5.56 Å². The largest absolute Gasteiger partial charge is 0.379 e. The van der Waals surface area contributed by atoms with Crippen molar-refractivity contribution in [2.24, 2.45) is 0 Å². The molecular weight excluding hydrogens is 446 g/mol. The number of nitrogens with one attached hydrogen (secondary N) is 1. The highest BCUT2D eigenvalue weighted by molar-refractivity contribution is 7.21. The molecule has 10 heteroatoms. The predicted molar refractivity (Wildman–Crippen MR) is 125 cm³/mol. The lowest BCUT2D eigenvalue weighted by molar-refractivity contribution is 0.0341. The molecule has 0 saturated carbocycles. The second-order valence-electron chi connectivity index (χ2n) is 7.73. The van der Waals surface area contributed by atoms with Crippen LogP contribution in [-0.4, -0.2) is 53.2 Å². The van der Waals surface area contributed by atoms with E-state index < -0.39 is 11.6 Å². The highest BCUT2D eigenvalue weighted by atomic mass is 32.1. The van der Waals surface area contributed by atoms with E-state index in [2.05, 4.69) is 31.2 Å². The maximum absolute atomic E-state index is 14.2. The fourth-order valence-electron chi connectivity index (χ4n) is 3.64. The number of morpholine rings is 1. The van der Waals surface area contributed by atoms with Crippen LogP contribution in [0.4, 0.5) is 31.2 Å². The molecule has 1 aliphatic heterocycles. The third-order valence-corrected chi connectivity index (χ3v) is 6.31. The summed E-state index contributed by atoms with van der Waals surface area (Å²) in [5.41, 5.74) is 2.12. The number of nitrogens with zero attached hydrogens (tertiary/aromatic N) is 5. The van der Waals surface area contributed by atoms with Crippen LogP contribution in [0.25, 0.3) is 10.3 Å². The molecule has 4 heterocycles. The Labute approximate surface area is 193 Å². The van der Waals surface area contributed by atoms with E-state index in [1.165, 1.54) is 23.5 Å². The van der Waals surface area contributed by atoms with Gasteiger partial charge in [-0.1, -0.05) is 17.4 Å². The lowest BCUT2D eigenvalue weighted by Crippen LogP contribution is -2.35. The van der Waals surface area contributed by atoms with Gasteiger partial charge in [0.2, 0.25) is 0 Å². The smallest absolute Gasteiger partial charge is 0.190 e. The highest BCUT2D eigenvalue weighted by Crippen LogP contribution is 2.31. The number of hydrogen-bond donors (Lipinski definition) is 1. The summed E-state index contributed by atoms with van der Waals surface area (Å²) in [5, 5.41) is 3.89. The number of rotatable bonds is 6. The van der Waals surface area contributed by atoms with Gasteiger partial charge in [0.05, 0.1) is 18.9 Å². The highest BCUT2D eigenvalue weighted by Gasteiger charge is 2.14. The molecule has 0 aliphatic carbocycles. The lowest BCUT2D eigenvalue weighted by atomic mass is 10.2. The van der Waals surface area contributed by atoms with Crippen LogP contribution in [-0.2, 0) is 11.3 Å². The molecule has 7 nitrogen and oxygen atoms in total. The summed E-state index contributed by atoms with van der Waals surface area (Å²) in [6, 6.07) is 11.1. The number of fused-ring (bicyclic) bond motifs is 1. The minimum atomic E-state index is -0.644. The Bertz CT molecular complexity index is 1260. The average molecular weight is 469 g/mol. The van der Waals surface area contributed by atoms with E-state index >= 15 is 0 Å². The molecule has 0 bridgehead atoms. The number of aromatic nitrogens is 3. The molecule has 4 aromatic rings. The van der Waals surface area contributed by atoms with E-state index in [4.69, 9.17) is 4.74 Å². The number of anilines is 4. The van der Waals surface area contributed by atoms with Crippen molar-refractivity contribution in [3.8, 4) is 0 Å². The number of benzene rings is 1. The Hall–Kier alpha value is -3.21.